The first-order valence-corrected chi connectivity index (χ1v) is 11.1. The Bertz CT molecular complexity index is 1160. The molecule has 1 amide bonds. The third kappa shape index (κ3) is 6.17. The van der Waals surface area contributed by atoms with Gasteiger partial charge in [-0.05, 0) is 30.7 Å². The van der Waals surface area contributed by atoms with Crippen LogP contribution in [0.1, 0.15) is 27.7 Å². The number of aliphatic hydroxyl groups excluding tert-OH is 1. The molecule has 0 radical (unpaired) electrons. The number of nitrogens with one attached hydrogen (secondary N) is 1. The first kappa shape index (κ1) is 23.9. The molecule has 0 fully saturated rings. The van der Waals surface area contributed by atoms with E-state index in [4.69, 9.17) is 21.2 Å². The van der Waals surface area contributed by atoms with E-state index in [1.165, 1.54) is 23.7 Å². The highest BCUT2D eigenvalue weighted by Crippen LogP contribution is 2.24. The Morgan fingerprint density at radius 2 is 2.12 bits per heavy atom. The fourth-order valence-corrected chi connectivity index (χ4v) is 4.09. The second-order valence-corrected chi connectivity index (χ2v) is 8.53. The SMILES string of the molecule is CCO/N=C/C(O)COCc1cc2c(=O)c(C(=O)NCc3ccc(Cl)cc3)cn(C)c2s1. The molecule has 1 aromatic carbocycles. The lowest BCUT2D eigenvalue weighted by atomic mass is 10.2. The fourth-order valence-electron chi connectivity index (χ4n) is 2.94. The normalized spacial score (nSPS) is 12.4. The van der Waals surface area contributed by atoms with Gasteiger partial charge in [-0.2, -0.15) is 0 Å². The molecule has 10 heteroatoms. The van der Waals surface area contributed by atoms with Gasteiger partial charge in [-0.15, -0.1) is 11.3 Å². The maximum atomic E-state index is 12.9. The van der Waals surface area contributed by atoms with E-state index in [9.17, 15) is 14.7 Å². The number of hydrogen-bond donors (Lipinski definition) is 2. The number of benzene rings is 1. The highest BCUT2D eigenvalue weighted by molar-refractivity contribution is 7.18. The van der Waals surface area contributed by atoms with Crippen molar-refractivity contribution in [3.05, 3.63) is 67.8 Å². The zero-order valence-electron chi connectivity index (χ0n) is 17.7. The van der Waals surface area contributed by atoms with Crippen LogP contribution in [-0.4, -0.2) is 41.1 Å². The predicted molar refractivity (Wildman–Crippen MR) is 125 cm³/mol. The minimum atomic E-state index is -0.891. The van der Waals surface area contributed by atoms with Crippen LogP contribution in [0.5, 0.6) is 0 Å². The summed E-state index contributed by atoms with van der Waals surface area (Å²) in [6, 6.07) is 8.84. The molecule has 8 nitrogen and oxygen atoms in total. The zero-order valence-corrected chi connectivity index (χ0v) is 19.3. The number of oxime groups is 1. The molecule has 32 heavy (non-hydrogen) atoms. The number of fused-ring (bicyclic) bond motifs is 1. The maximum absolute atomic E-state index is 12.9. The summed E-state index contributed by atoms with van der Waals surface area (Å²) in [7, 11) is 1.78. The predicted octanol–water partition coefficient (Wildman–Crippen LogP) is 3.08. The van der Waals surface area contributed by atoms with Gasteiger partial charge in [0.25, 0.3) is 5.91 Å². The Kier molecular flexibility index (Phi) is 8.40. The molecule has 2 aromatic heterocycles. The largest absolute Gasteiger partial charge is 0.396 e. The van der Waals surface area contributed by atoms with Gasteiger partial charge in [-0.25, -0.2) is 0 Å². The minimum Gasteiger partial charge on any atom is -0.396 e. The number of rotatable bonds is 10. The molecule has 2 heterocycles. The number of thiophene rings is 1. The summed E-state index contributed by atoms with van der Waals surface area (Å²) in [5.74, 6) is -0.442. The molecule has 0 saturated carbocycles. The van der Waals surface area contributed by atoms with Crippen LogP contribution in [0, 0.1) is 0 Å². The van der Waals surface area contributed by atoms with Crippen LogP contribution in [0.2, 0.25) is 5.02 Å². The van der Waals surface area contributed by atoms with Crippen molar-refractivity contribution in [3.8, 4) is 0 Å². The molecule has 0 aliphatic heterocycles. The number of halogens is 1. The van der Waals surface area contributed by atoms with Crippen LogP contribution in [-0.2, 0) is 29.8 Å². The number of aryl methyl sites for hydroxylation is 1. The zero-order chi connectivity index (χ0) is 23.1. The van der Waals surface area contributed by atoms with Gasteiger partial charge in [0.1, 0.15) is 23.1 Å². The van der Waals surface area contributed by atoms with Gasteiger partial charge < -0.3 is 24.6 Å². The standard InChI is InChI=1S/C22H24ClN3O5S/c1-3-31-25-10-16(27)12-30-13-17-8-18-20(28)19(11-26(2)22(18)32-17)21(29)24-9-14-4-6-15(23)7-5-14/h4-8,10-11,16,27H,3,9,12-13H2,1-2H3,(H,24,29)/b25-10+. The van der Waals surface area contributed by atoms with Crippen LogP contribution in [0.15, 0.2) is 46.5 Å². The topological polar surface area (TPSA) is 102 Å². The molecule has 1 atom stereocenters. The first-order chi connectivity index (χ1) is 15.4. The maximum Gasteiger partial charge on any atom is 0.257 e. The van der Waals surface area contributed by atoms with E-state index in [2.05, 4.69) is 10.5 Å². The summed E-state index contributed by atoms with van der Waals surface area (Å²) >= 11 is 7.27. The number of aliphatic hydroxyl groups is 1. The average Bonchev–Trinajstić information content (AvgIpc) is 3.21. The molecule has 3 aromatic rings. The Hall–Kier alpha value is -2.72. The van der Waals surface area contributed by atoms with Crippen molar-refractivity contribution in [2.75, 3.05) is 13.2 Å². The summed E-state index contributed by atoms with van der Waals surface area (Å²) in [6.45, 7) is 2.76. The van der Waals surface area contributed by atoms with Crippen LogP contribution in [0.25, 0.3) is 10.2 Å². The van der Waals surface area contributed by atoms with Crippen LogP contribution < -0.4 is 10.7 Å². The summed E-state index contributed by atoms with van der Waals surface area (Å²) in [6.07, 6.45) is 1.91. The smallest absolute Gasteiger partial charge is 0.257 e. The highest BCUT2D eigenvalue weighted by Gasteiger charge is 2.17. The molecular formula is C22H24ClN3O5S. The van der Waals surface area contributed by atoms with Crippen molar-refractivity contribution < 1.29 is 19.5 Å². The number of carbonyl (C=O) groups is 1. The van der Waals surface area contributed by atoms with Crippen molar-refractivity contribution in [1.82, 2.24) is 9.88 Å². The summed E-state index contributed by atoms with van der Waals surface area (Å²) in [5, 5.41) is 17.2. The van der Waals surface area contributed by atoms with Crippen molar-refractivity contribution in [2.24, 2.45) is 12.2 Å². The lowest BCUT2D eigenvalue weighted by Gasteiger charge is -2.07. The fraction of sp³-hybridized carbons (Fsp3) is 0.318. The van der Waals surface area contributed by atoms with Gasteiger partial charge >= 0.3 is 0 Å². The number of amides is 1. The van der Waals surface area contributed by atoms with Crippen molar-refractivity contribution in [3.63, 3.8) is 0 Å². The number of hydrogen-bond acceptors (Lipinski definition) is 7. The van der Waals surface area contributed by atoms with E-state index < -0.39 is 12.0 Å². The van der Waals surface area contributed by atoms with E-state index in [1.54, 1.807) is 36.7 Å². The lowest BCUT2D eigenvalue weighted by molar-refractivity contribution is 0.0589. The Labute approximate surface area is 194 Å². The Morgan fingerprint density at radius 1 is 1.38 bits per heavy atom. The van der Waals surface area contributed by atoms with Gasteiger partial charge in [0.2, 0.25) is 5.43 Å². The van der Waals surface area contributed by atoms with E-state index in [1.807, 2.05) is 12.1 Å². The molecule has 0 aliphatic rings. The third-order valence-corrected chi connectivity index (χ3v) is 5.93. The van der Waals surface area contributed by atoms with Gasteiger partial charge in [0, 0.05) is 29.7 Å². The molecule has 0 spiro atoms. The molecule has 0 bridgehead atoms. The molecule has 0 aliphatic carbocycles. The first-order valence-electron chi connectivity index (χ1n) is 9.95. The van der Waals surface area contributed by atoms with Crippen LogP contribution >= 0.6 is 22.9 Å². The summed E-state index contributed by atoms with van der Waals surface area (Å²) in [4.78, 5) is 31.9. The van der Waals surface area contributed by atoms with E-state index in [0.29, 0.717) is 17.0 Å². The quantitative estimate of drug-likeness (QED) is 0.345. The summed E-state index contributed by atoms with van der Waals surface area (Å²) in [5.41, 5.74) is 0.615. The average molecular weight is 478 g/mol. The Morgan fingerprint density at radius 3 is 2.84 bits per heavy atom. The molecule has 2 N–H and O–H groups in total. The second-order valence-electron chi connectivity index (χ2n) is 6.98. The van der Waals surface area contributed by atoms with Gasteiger partial charge in [0.15, 0.2) is 0 Å². The molecule has 0 saturated heterocycles. The van der Waals surface area contributed by atoms with Crippen molar-refractivity contribution in [2.45, 2.75) is 26.2 Å². The van der Waals surface area contributed by atoms with Crippen LogP contribution in [0.3, 0.4) is 0 Å². The van der Waals surface area contributed by atoms with Crippen molar-refractivity contribution in [1.29, 1.82) is 0 Å². The van der Waals surface area contributed by atoms with E-state index in [0.717, 1.165) is 15.3 Å². The number of pyridine rings is 1. The third-order valence-electron chi connectivity index (χ3n) is 4.48. The molecule has 170 valence electrons. The lowest BCUT2D eigenvalue weighted by Crippen LogP contribution is -2.29. The molecule has 3 rings (SSSR count). The van der Waals surface area contributed by atoms with Gasteiger partial charge in [-0.1, -0.05) is 28.9 Å². The molecular weight excluding hydrogens is 454 g/mol. The van der Waals surface area contributed by atoms with Gasteiger partial charge in [-0.3, -0.25) is 9.59 Å². The van der Waals surface area contributed by atoms with E-state index in [-0.39, 0.29) is 30.8 Å². The second kappa shape index (κ2) is 11.2. The molecule has 1 unspecified atom stereocenters. The monoisotopic (exact) mass is 477 g/mol. The van der Waals surface area contributed by atoms with Crippen LogP contribution in [0.4, 0.5) is 0 Å². The number of ether oxygens (including phenoxy) is 1. The minimum absolute atomic E-state index is 0.0412. The highest BCUT2D eigenvalue weighted by atomic mass is 35.5. The van der Waals surface area contributed by atoms with Gasteiger partial charge in [0.05, 0.1) is 24.8 Å². The number of nitrogens with zero attached hydrogens (tertiary/aromatic N) is 2. The van der Waals surface area contributed by atoms with E-state index >= 15 is 0 Å². The Balaban J connectivity index is 1.68. The number of aromatic nitrogens is 1. The summed E-state index contributed by atoms with van der Waals surface area (Å²) < 4.78 is 7.26. The number of carbonyl (C=O) groups excluding carboxylic acids is 1. The van der Waals surface area contributed by atoms with Crippen molar-refractivity contribution >= 4 is 45.3 Å².